The first-order chi connectivity index (χ1) is 10.2. The van der Waals surface area contributed by atoms with Gasteiger partial charge in [-0.2, -0.15) is 4.98 Å². The molecule has 0 unspecified atom stereocenters. The van der Waals surface area contributed by atoms with E-state index in [1.54, 1.807) is 25.1 Å². The van der Waals surface area contributed by atoms with Gasteiger partial charge in [0.05, 0.1) is 11.3 Å². The molecule has 1 amide bonds. The minimum absolute atomic E-state index is 0.181. The highest BCUT2D eigenvalue weighted by molar-refractivity contribution is 6.05. The first-order valence-electron chi connectivity index (χ1n) is 6.50. The zero-order chi connectivity index (χ0) is 14.7. The number of amides is 1. The van der Waals surface area contributed by atoms with Gasteiger partial charge in [-0.25, -0.2) is 0 Å². The lowest BCUT2D eigenvalue weighted by molar-refractivity contribution is 0.102. The Balaban J connectivity index is 1.91. The molecular weight excluding hydrogens is 266 g/mol. The zero-order valence-electron chi connectivity index (χ0n) is 11.4. The Morgan fingerprint density at radius 2 is 1.76 bits per heavy atom. The summed E-state index contributed by atoms with van der Waals surface area (Å²) < 4.78 is 5.17. The SMILES string of the molecule is Cc1noc(-c2ccccc2NC(=O)c2ccccc2)n1. The summed E-state index contributed by atoms with van der Waals surface area (Å²) in [7, 11) is 0. The number of hydrogen-bond acceptors (Lipinski definition) is 4. The summed E-state index contributed by atoms with van der Waals surface area (Å²) in [4.78, 5) is 16.4. The smallest absolute Gasteiger partial charge is 0.260 e. The molecule has 0 bridgehead atoms. The number of carbonyl (C=O) groups is 1. The van der Waals surface area contributed by atoms with Gasteiger partial charge in [0, 0.05) is 5.56 Å². The van der Waals surface area contributed by atoms with E-state index in [2.05, 4.69) is 15.5 Å². The molecule has 0 fully saturated rings. The van der Waals surface area contributed by atoms with E-state index < -0.39 is 0 Å². The van der Waals surface area contributed by atoms with Crippen LogP contribution in [0, 0.1) is 6.92 Å². The van der Waals surface area contributed by atoms with Crippen molar-refractivity contribution in [2.45, 2.75) is 6.92 Å². The van der Waals surface area contributed by atoms with E-state index in [-0.39, 0.29) is 5.91 Å². The molecule has 21 heavy (non-hydrogen) atoms. The number of hydrogen-bond donors (Lipinski definition) is 1. The summed E-state index contributed by atoms with van der Waals surface area (Å²) in [6, 6.07) is 16.4. The summed E-state index contributed by atoms with van der Waals surface area (Å²) in [5.41, 5.74) is 1.92. The predicted octanol–water partition coefficient (Wildman–Crippen LogP) is 3.30. The van der Waals surface area contributed by atoms with Gasteiger partial charge in [-0.1, -0.05) is 35.5 Å². The molecule has 0 saturated carbocycles. The Morgan fingerprint density at radius 3 is 2.48 bits per heavy atom. The second kappa shape index (κ2) is 5.58. The molecule has 2 aromatic carbocycles. The van der Waals surface area contributed by atoms with Gasteiger partial charge in [0.15, 0.2) is 5.82 Å². The van der Waals surface area contributed by atoms with Crippen LogP contribution < -0.4 is 5.32 Å². The third kappa shape index (κ3) is 2.81. The average Bonchev–Trinajstić information content (AvgIpc) is 2.95. The number of carbonyl (C=O) groups excluding carboxylic acids is 1. The summed E-state index contributed by atoms with van der Waals surface area (Å²) >= 11 is 0. The highest BCUT2D eigenvalue weighted by Crippen LogP contribution is 2.26. The van der Waals surface area contributed by atoms with Crippen molar-refractivity contribution in [1.29, 1.82) is 0 Å². The van der Waals surface area contributed by atoms with Crippen LogP contribution in [0.4, 0.5) is 5.69 Å². The monoisotopic (exact) mass is 279 g/mol. The maximum absolute atomic E-state index is 12.2. The molecule has 0 aliphatic carbocycles. The molecular formula is C16H13N3O2. The van der Waals surface area contributed by atoms with Gasteiger partial charge in [-0.05, 0) is 31.2 Å². The molecule has 5 heteroatoms. The highest BCUT2D eigenvalue weighted by Gasteiger charge is 2.13. The molecule has 0 aliphatic heterocycles. The van der Waals surface area contributed by atoms with Crippen molar-refractivity contribution in [1.82, 2.24) is 10.1 Å². The van der Waals surface area contributed by atoms with Crippen molar-refractivity contribution in [2.75, 3.05) is 5.32 Å². The first-order valence-corrected chi connectivity index (χ1v) is 6.50. The first kappa shape index (κ1) is 13.1. The fourth-order valence-corrected chi connectivity index (χ4v) is 1.97. The van der Waals surface area contributed by atoms with Crippen molar-refractivity contribution >= 4 is 11.6 Å². The van der Waals surface area contributed by atoms with E-state index in [4.69, 9.17) is 4.52 Å². The standard InChI is InChI=1S/C16H13N3O2/c1-11-17-16(21-19-11)13-9-5-6-10-14(13)18-15(20)12-7-3-2-4-8-12/h2-10H,1H3,(H,18,20). The molecule has 104 valence electrons. The van der Waals surface area contributed by atoms with Crippen LogP contribution >= 0.6 is 0 Å². The Kier molecular flexibility index (Phi) is 3.47. The van der Waals surface area contributed by atoms with Crippen LogP contribution in [0.1, 0.15) is 16.2 Å². The topological polar surface area (TPSA) is 68.0 Å². The Morgan fingerprint density at radius 1 is 1.05 bits per heavy atom. The lowest BCUT2D eigenvalue weighted by Gasteiger charge is -2.08. The molecule has 1 aromatic heterocycles. The number of aryl methyl sites for hydroxylation is 1. The number of nitrogens with one attached hydrogen (secondary N) is 1. The molecule has 0 radical (unpaired) electrons. The van der Waals surface area contributed by atoms with Crippen LogP contribution in [0.3, 0.4) is 0 Å². The molecule has 1 heterocycles. The van der Waals surface area contributed by atoms with Crippen LogP contribution in [-0.4, -0.2) is 16.0 Å². The predicted molar refractivity (Wildman–Crippen MR) is 78.9 cm³/mol. The second-order valence-corrected chi connectivity index (χ2v) is 4.51. The summed E-state index contributed by atoms with van der Waals surface area (Å²) in [5, 5.41) is 6.64. The number of nitrogens with zero attached hydrogens (tertiary/aromatic N) is 2. The maximum Gasteiger partial charge on any atom is 0.260 e. The van der Waals surface area contributed by atoms with Crippen LogP contribution in [0.25, 0.3) is 11.5 Å². The quantitative estimate of drug-likeness (QED) is 0.798. The molecule has 1 N–H and O–H groups in total. The minimum atomic E-state index is -0.181. The number of rotatable bonds is 3. The largest absolute Gasteiger partial charge is 0.334 e. The highest BCUT2D eigenvalue weighted by atomic mass is 16.5. The summed E-state index contributed by atoms with van der Waals surface area (Å²) in [6.07, 6.45) is 0. The van der Waals surface area contributed by atoms with E-state index in [1.165, 1.54) is 0 Å². The lowest BCUT2D eigenvalue weighted by atomic mass is 10.1. The Labute approximate surface area is 121 Å². The van der Waals surface area contributed by atoms with Gasteiger partial charge in [0.1, 0.15) is 0 Å². The molecule has 0 saturated heterocycles. The number of aromatic nitrogens is 2. The number of anilines is 1. The Hall–Kier alpha value is -2.95. The normalized spacial score (nSPS) is 10.3. The van der Waals surface area contributed by atoms with Gasteiger partial charge < -0.3 is 9.84 Å². The van der Waals surface area contributed by atoms with E-state index in [1.807, 2.05) is 36.4 Å². The van der Waals surface area contributed by atoms with E-state index in [0.29, 0.717) is 28.5 Å². The van der Waals surface area contributed by atoms with Crippen LogP contribution in [0.15, 0.2) is 59.1 Å². The molecule has 0 aliphatic rings. The third-order valence-corrected chi connectivity index (χ3v) is 2.97. The van der Waals surface area contributed by atoms with Gasteiger partial charge in [0.2, 0.25) is 0 Å². The average molecular weight is 279 g/mol. The maximum atomic E-state index is 12.2. The molecule has 0 atom stereocenters. The van der Waals surface area contributed by atoms with Crippen molar-refractivity contribution in [3.8, 4) is 11.5 Å². The van der Waals surface area contributed by atoms with Crippen LogP contribution in [0.5, 0.6) is 0 Å². The van der Waals surface area contributed by atoms with E-state index >= 15 is 0 Å². The summed E-state index contributed by atoms with van der Waals surface area (Å²) in [5.74, 6) is 0.755. The molecule has 3 aromatic rings. The Bertz CT molecular complexity index is 766. The fraction of sp³-hybridized carbons (Fsp3) is 0.0625. The van der Waals surface area contributed by atoms with Gasteiger partial charge >= 0.3 is 0 Å². The van der Waals surface area contributed by atoms with Crippen molar-refractivity contribution < 1.29 is 9.32 Å². The van der Waals surface area contributed by atoms with Crippen molar-refractivity contribution in [2.24, 2.45) is 0 Å². The minimum Gasteiger partial charge on any atom is -0.334 e. The van der Waals surface area contributed by atoms with E-state index in [0.717, 1.165) is 0 Å². The third-order valence-electron chi connectivity index (χ3n) is 2.97. The fourth-order valence-electron chi connectivity index (χ4n) is 1.97. The van der Waals surface area contributed by atoms with Gasteiger partial charge in [-0.15, -0.1) is 0 Å². The molecule has 0 spiro atoms. The molecule has 3 rings (SSSR count). The number of benzene rings is 2. The van der Waals surface area contributed by atoms with Crippen molar-refractivity contribution in [3.63, 3.8) is 0 Å². The van der Waals surface area contributed by atoms with E-state index in [9.17, 15) is 4.79 Å². The van der Waals surface area contributed by atoms with Crippen LogP contribution in [0.2, 0.25) is 0 Å². The summed E-state index contributed by atoms with van der Waals surface area (Å²) in [6.45, 7) is 1.75. The zero-order valence-corrected chi connectivity index (χ0v) is 11.4. The molecule has 5 nitrogen and oxygen atoms in total. The second-order valence-electron chi connectivity index (χ2n) is 4.51. The van der Waals surface area contributed by atoms with Gasteiger partial charge in [-0.3, -0.25) is 4.79 Å². The number of para-hydroxylation sites is 1. The van der Waals surface area contributed by atoms with Crippen molar-refractivity contribution in [3.05, 3.63) is 66.0 Å². The van der Waals surface area contributed by atoms with Crippen LogP contribution in [-0.2, 0) is 0 Å². The van der Waals surface area contributed by atoms with Gasteiger partial charge in [0.25, 0.3) is 11.8 Å². The lowest BCUT2D eigenvalue weighted by Crippen LogP contribution is -2.12.